The van der Waals surface area contributed by atoms with Gasteiger partial charge in [-0.3, -0.25) is 4.68 Å². The van der Waals surface area contributed by atoms with Gasteiger partial charge in [-0.15, -0.1) is 0 Å². The first-order valence-corrected chi connectivity index (χ1v) is 4.95. The average Bonchev–Trinajstić information content (AvgIpc) is 2.05. The zero-order valence-corrected chi connectivity index (χ0v) is 10.1. The molecule has 2 nitrogen and oxygen atoms in total. The Morgan fingerprint density at radius 2 is 1.83 bits per heavy atom. The topological polar surface area (TPSA) is 17.8 Å². The summed E-state index contributed by atoms with van der Waals surface area (Å²) in [6.45, 7) is 0. The van der Waals surface area contributed by atoms with Gasteiger partial charge in [-0.2, -0.15) is 18.3 Å². The summed E-state index contributed by atoms with van der Waals surface area (Å²) in [7, 11) is 1.28. The van der Waals surface area contributed by atoms with E-state index >= 15 is 0 Å². The molecule has 0 bridgehead atoms. The Morgan fingerprint density at radius 1 is 1.33 bits per heavy atom. The highest BCUT2D eigenvalue weighted by atomic mass is 127. The van der Waals surface area contributed by atoms with E-state index in [9.17, 15) is 13.2 Å². The lowest BCUT2D eigenvalue weighted by molar-refractivity contribution is -0.144. The summed E-state index contributed by atoms with van der Waals surface area (Å²) in [6.07, 6.45) is -4.32. The molecule has 0 fully saturated rings. The van der Waals surface area contributed by atoms with Gasteiger partial charge in [-0.05, 0) is 45.2 Å². The number of hydrogen-bond donors (Lipinski definition) is 0. The second kappa shape index (κ2) is 3.31. The van der Waals surface area contributed by atoms with Gasteiger partial charge in [0.05, 0.1) is 3.57 Å². The standard InChI is InChI=1S/C5H3F3I2N2/c1-12-3(5(6,7)8)2(9)4(10)11-12/h1H3. The van der Waals surface area contributed by atoms with Crippen LogP contribution in [-0.2, 0) is 13.2 Å². The third-order valence-corrected chi connectivity index (χ3v) is 4.03. The Balaban J connectivity index is 3.32. The maximum Gasteiger partial charge on any atom is 0.434 e. The maximum atomic E-state index is 12.3. The maximum absolute atomic E-state index is 12.3. The van der Waals surface area contributed by atoms with Crippen molar-refractivity contribution in [2.45, 2.75) is 6.18 Å². The van der Waals surface area contributed by atoms with Crippen molar-refractivity contribution in [3.05, 3.63) is 13.0 Å². The Morgan fingerprint density at radius 3 is 2.00 bits per heavy atom. The third-order valence-electron chi connectivity index (χ3n) is 1.22. The van der Waals surface area contributed by atoms with Crippen LogP contribution in [0, 0.1) is 7.27 Å². The number of nitrogens with zero attached hydrogens (tertiary/aromatic N) is 2. The molecule has 0 unspecified atom stereocenters. The minimum atomic E-state index is -4.32. The van der Waals surface area contributed by atoms with Crippen LogP contribution in [0.2, 0.25) is 0 Å². The van der Waals surface area contributed by atoms with Crippen molar-refractivity contribution in [3.63, 3.8) is 0 Å². The van der Waals surface area contributed by atoms with Gasteiger partial charge in [0.25, 0.3) is 0 Å². The summed E-state index contributed by atoms with van der Waals surface area (Å²) in [5, 5.41) is 3.65. The second-order valence-corrected chi connectivity index (χ2v) is 4.18. The number of aromatic nitrogens is 2. The summed E-state index contributed by atoms with van der Waals surface area (Å²) in [6, 6.07) is 0. The molecule has 0 radical (unpaired) electrons. The van der Waals surface area contributed by atoms with E-state index in [1.807, 2.05) is 0 Å². The van der Waals surface area contributed by atoms with Crippen molar-refractivity contribution in [2.75, 3.05) is 0 Å². The van der Waals surface area contributed by atoms with Crippen LogP contribution in [-0.4, -0.2) is 9.78 Å². The lowest BCUT2D eigenvalue weighted by Gasteiger charge is -2.06. The van der Waals surface area contributed by atoms with E-state index < -0.39 is 11.9 Å². The Bertz CT molecular complexity index is 304. The Hall–Kier alpha value is 0.460. The molecular formula is C5H3F3I2N2. The molecule has 7 heteroatoms. The summed E-state index contributed by atoms with van der Waals surface area (Å²) >= 11 is 3.41. The van der Waals surface area contributed by atoms with E-state index in [0.717, 1.165) is 4.68 Å². The van der Waals surface area contributed by atoms with Crippen molar-refractivity contribution in [2.24, 2.45) is 7.05 Å². The van der Waals surface area contributed by atoms with Gasteiger partial charge in [0.2, 0.25) is 0 Å². The molecule has 12 heavy (non-hydrogen) atoms. The largest absolute Gasteiger partial charge is 0.434 e. The van der Waals surface area contributed by atoms with E-state index in [1.165, 1.54) is 7.05 Å². The number of rotatable bonds is 0. The van der Waals surface area contributed by atoms with E-state index in [1.54, 1.807) is 45.2 Å². The molecule has 1 aromatic rings. The monoisotopic (exact) mass is 402 g/mol. The SMILES string of the molecule is Cn1nc(I)c(I)c1C(F)(F)F. The van der Waals surface area contributed by atoms with Gasteiger partial charge in [0.1, 0.15) is 3.70 Å². The van der Waals surface area contributed by atoms with E-state index in [-0.39, 0.29) is 3.57 Å². The number of hydrogen-bond acceptors (Lipinski definition) is 1. The van der Waals surface area contributed by atoms with Crippen LogP contribution in [0.3, 0.4) is 0 Å². The Kier molecular flexibility index (Phi) is 2.91. The van der Waals surface area contributed by atoms with Crippen LogP contribution < -0.4 is 0 Å². The third kappa shape index (κ3) is 1.86. The summed E-state index contributed by atoms with van der Waals surface area (Å²) in [4.78, 5) is 0. The van der Waals surface area contributed by atoms with Crippen LogP contribution in [0.15, 0.2) is 0 Å². The molecule has 0 spiro atoms. The minimum Gasteiger partial charge on any atom is -0.261 e. The van der Waals surface area contributed by atoms with Crippen molar-refractivity contribution >= 4 is 45.2 Å². The number of halogens is 5. The molecule has 0 aliphatic carbocycles. The molecule has 0 N–H and O–H groups in total. The summed E-state index contributed by atoms with van der Waals surface area (Å²) in [5.41, 5.74) is -0.688. The van der Waals surface area contributed by atoms with Gasteiger partial charge in [0, 0.05) is 7.05 Å². The van der Waals surface area contributed by atoms with Gasteiger partial charge < -0.3 is 0 Å². The first-order valence-electron chi connectivity index (χ1n) is 2.79. The fraction of sp³-hybridized carbons (Fsp3) is 0.400. The smallest absolute Gasteiger partial charge is 0.261 e. The van der Waals surface area contributed by atoms with Crippen LogP contribution in [0.4, 0.5) is 13.2 Å². The molecule has 0 amide bonds. The van der Waals surface area contributed by atoms with Gasteiger partial charge in [-0.25, -0.2) is 0 Å². The molecule has 0 aliphatic rings. The molecule has 0 saturated carbocycles. The zero-order chi connectivity index (χ0) is 9.52. The molecule has 1 heterocycles. The number of alkyl halides is 3. The molecule has 0 aliphatic heterocycles. The predicted octanol–water partition coefficient (Wildman–Crippen LogP) is 2.65. The molecule has 0 atom stereocenters. The normalized spacial score (nSPS) is 12.2. The van der Waals surface area contributed by atoms with Crippen molar-refractivity contribution in [1.82, 2.24) is 9.78 Å². The van der Waals surface area contributed by atoms with Crippen LogP contribution in [0.5, 0.6) is 0 Å². The van der Waals surface area contributed by atoms with Crippen molar-refractivity contribution < 1.29 is 13.2 Å². The molecule has 68 valence electrons. The first kappa shape index (κ1) is 10.5. The van der Waals surface area contributed by atoms with Gasteiger partial charge in [-0.1, -0.05) is 0 Å². The fourth-order valence-electron chi connectivity index (χ4n) is 0.773. The summed E-state index contributed by atoms with van der Waals surface area (Å²) in [5.74, 6) is 0. The Labute approximate surface area is 93.8 Å². The quantitative estimate of drug-likeness (QED) is 0.611. The lowest BCUT2D eigenvalue weighted by Crippen LogP contribution is -2.13. The van der Waals surface area contributed by atoms with E-state index in [0.29, 0.717) is 3.70 Å². The fourth-order valence-corrected chi connectivity index (χ4v) is 2.12. The highest BCUT2D eigenvalue weighted by Crippen LogP contribution is 2.33. The molecular weight excluding hydrogens is 399 g/mol. The van der Waals surface area contributed by atoms with Crippen LogP contribution in [0.25, 0.3) is 0 Å². The minimum absolute atomic E-state index is 0.156. The number of aryl methyl sites for hydroxylation is 1. The molecule has 0 aromatic carbocycles. The molecule has 1 rings (SSSR count). The molecule has 0 saturated heterocycles. The van der Waals surface area contributed by atoms with E-state index in [4.69, 9.17) is 0 Å². The van der Waals surface area contributed by atoms with Crippen molar-refractivity contribution in [1.29, 1.82) is 0 Å². The molecule has 1 aromatic heterocycles. The first-order chi connectivity index (χ1) is 5.34. The van der Waals surface area contributed by atoms with E-state index in [2.05, 4.69) is 5.10 Å². The predicted molar refractivity (Wildman–Crippen MR) is 53.6 cm³/mol. The summed E-state index contributed by atoms with van der Waals surface area (Å²) < 4.78 is 38.1. The van der Waals surface area contributed by atoms with Gasteiger partial charge in [0.15, 0.2) is 5.69 Å². The van der Waals surface area contributed by atoms with Gasteiger partial charge >= 0.3 is 6.18 Å². The lowest BCUT2D eigenvalue weighted by atomic mass is 10.4. The second-order valence-electron chi connectivity index (χ2n) is 2.07. The highest BCUT2D eigenvalue weighted by Gasteiger charge is 2.38. The van der Waals surface area contributed by atoms with Crippen LogP contribution >= 0.6 is 45.2 Å². The highest BCUT2D eigenvalue weighted by molar-refractivity contribution is 14.1. The van der Waals surface area contributed by atoms with Crippen LogP contribution in [0.1, 0.15) is 5.69 Å². The average molecular weight is 402 g/mol. The van der Waals surface area contributed by atoms with Crippen molar-refractivity contribution in [3.8, 4) is 0 Å². The zero-order valence-electron chi connectivity index (χ0n) is 5.78.